The monoisotopic (exact) mass is 685 g/mol. The zero-order valence-corrected chi connectivity index (χ0v) is 28.2. The molecule has 2 aliphatic heterocycles. The van der Waals surface area contributed by atoms with Gasteiger partial charge in [0.1, 0.15) is 29.6 Å². The van der Waals surface area contributed by atoms with Crippen LogP contribution in [0.1, 0.15) is 95.0 Å². The number of phenols is 2. The van der Waals surface area contributed by atoms with Crippen molar-refractivity contribution in [2.75, 3.05) is 21.2 Å². The summed E-state index contributed by atoms with van der Waals surface area (Å²) in [6.45, 7) is 4.86. The SMILES string of the molecule is COC(=O)C1c2cc3c(c(O)c2C(OC2CC(N(C)C)C(OC4CC(O)C(O)C(C)O4)C(C)O2)CC1(C)O)C(=O)c1c(O)cccc1C3=O. The predicted molar refractivity (Wildman–Crippen MR) is 169 cm³/mol. The maximum atomic E-state index is 13.8. The molecule has 0 amide bonds. The Hall–Kier alpha value is -3.47. The van der Waals surface area contributed by atoms with Crippen LogP contribution >= 0.6 is 0 Å². The Balaban J connectivity index is 1.35. The molecule has 2 aromatic carbocycles. The molecule has 266 valence electrons. The first-order valence-corrected chi connectivity index (χ1v) is 16.3. The number of nitrogens with zero attached hydrogens (tertiary/aromatic N) is 1. The third-order valence-electron chi connectivity index (χ3n) is 10.3. The number of likely N-dealkylation sites (N-methyl/N-ethyl adjacent to an activating group) is 1. The van der Waals surface area contributed by atoms with E-state index >= 15 is 0 Å². The number of phenolic OH excluding ortho intramolecular Hbond substituents is 2. The zero-order chi connectivity index (χ0) is 35.7. The van der Waals surface area contributed by atoms with Gasteiger partial charge in [-0.25, -0.2) is 0 Å². The maximum Gasteiger partial charge on any atom is 0.316 e. The molecule has 2 heterocycles. The minimum absolute atomic E-state index is 0.0221. The number of aliphatic hydroxyl groups excluding tert-OH is 2. The van der Waals surface area contributed by atoms with E-state index in [0.29, 0.717) is 0 Å². The van der Waals surface area contributed by atoms with Crippen LogP contribution in [-0.4, -0.2) is 124 Å². The van der Waals surface area contributed by atoms with Gasteiger partial charge in [-0.3, -0.25) is 14.4 Å². The Labute approximate surface area is 283 Å². The van der Waals surface area contributed by atoms with Crippen LogP contribution in [0.15, 0.2) is 24.3 Å². The number of hydrogen-bond acceptors (Lipinski definition) is 14. The van der Waals surface area contributed by atoms with Gasteiger partial charge in [0.2, 0.25) is 5.78 Å². The van der Waals surface area contributed by atoms with Crippen molar-refractivity contribution < 1.29 is 63.6 Å². The number of rotatable bonds is 6. The van der Waals surface area contributed by atoms with Crippen molar-refractivity contribution in [1.82, 2.24) is 4.90 Å². The molecule has 2 aromatic rings. The fourth-order valence-electron chi connectivity index (χ4n) is 7.75. The smallest absolute Gasteiger partial charge is 0.316 e. The molecule has 2 aliphatic carbocycles. The summed E-state index contributed by atoms with van der Waals surface area (Å²) in [4.78, 5) is 42.5. The highest BCUT2D eigenvalue weighted by Gasteiger charge is 2.52. The number of methoxy groups -OCH3 is 1. The van der Waals surface area contributed by atoms with Gasteiger partial charge in [0.05, 0.1) is 48.3 Å². The third kappa shape index (κ3) is 6.03. The van der Waals surface area contributed by atoms with E-state index in [9.17, 15) is 39.9 Å². The zero-order valence-electron chi connectivity index (χ0n) is 28.2. The molecule has 0 bridgehead atoms. The molecule has 49 heavy (non-hydrogen) atoms. The summed E-state index contributed by atoms with van der Waals surface area (Å²) < 4.78 is 29.9. The first-order valence-electron chi connectivity index (χ1n) is 16.3. The minimum atomic E-state index is -1.78. The average Bonchev–Trinajstić information content (AvgIpc) is 3.02. The topological polar surface area (TPSA) is 202 Å². The average molecular weight is 686 g/mol. The Bertz CT molecular complexity index is 1640. The van der Waals surface area contributed by atoms with E-state index in [2.05, 4.69) is 0 Å². The lowest BCUT2D eigenvalue weighted by atomic mass is 9.68. The second-order valence-corrected chi connectivity index (χ2v) is 13.9. The molecule has 2 fully saturated rings. The summed E-state index contributed by atoms with van der Waals surface area (Å²) in [7, 11) is 4.87. The third-order valence-corrected chi connectivity index (χ3v) is 10.3. The molecule has 11 unspecified atom stereocenters. The molecule has 0 spiro atoms. The van der Waals surface area contributed by atoms with Gasteiger partial charge in [-0.1, -0.05) is 12.1 Å². The van der Waals surface area contributed by atoms with Crippen molar-refractivity contribution in [1.29, 1.82) is 0 Å². The van der Waals surface area contributed by atoms with Crippen molar-refractivity contribution >= 4 is 17.5 Å². The number of aliphatic hydroxyl groups is 3. The van der Waals surface area contributed by atoms with Crippen molar-refractivity contribution in [3.8, 4) is 11.5 Å². The normalized spacial score (nSPS) is 35.8. The number of ketones is 2. The number of carbonyl (C=O) groups excluding carboxylic acids is 3. The number of ether oxygens (including phenoxy) is 5. The molecule has 14 nitrogen and oxygen atoms in total. The molecule has 5 N–H and O–H groups in total. The van der Waals surface area contributed by atoms with Crippen LogP contribution in [0.4, 0.5) is 0 Å². The van der Waals surface area contributed by atoms with Gasteiger partial charge < -0.3 is 54.1 Å². The minimum Gasteiger partial charge on any atom is -0.507 e. The summed E-state index contributed by atoms with van der Waals surface area (Å²) >= 11 is 0. The molecular formula is C35H43NO13. The number of hydrogen-bond donors (Lipinski definition) is 5. The quantitative estimate of drug-likeness (QED) is 0.235. The van der Waals surface area contributed by atoms with E-state index in [4.69, 9.17) is 23.7 Å². The Morgan fingerprint density at radius 3 is 2.29 bits per heavy atom. The van der Waals surface area contributed by atoms with Crippen LogP contribution in [-0.2, 0) is 28.5 Å². The summed E-state index contributed by atoms with van der Waals surface area (Å²) in [5, 5.41) is 54.4. The number of fused-ring (bicyclic) bond motifs is 3. The molecule has 0 aromatic heterocycles. The van der Waals surface area contributed by atoms with Crippen LogP contribution in [0.5, 0.6) is 11.5 Å². The maximum absolute atomic E-state index is 13.8. The van der Waals surface area contributed by atoms with Crippen molar-refractivity contribution in [3.63, 3.8) is 0 Å². The van der Waals surface area contributed by atoms with Gasteiger partial charge in [-0.05, 0) is 52.6 Å². The Morgan fingerprint density at radius 2 is 1.63 bits per heavy atom. The first kappa shape index (κ1) is 35.4. The van der Waals surface area contributed by atoms with Crippen molar-refractivity contribution in [2.24, 2.45) is 0 Å². The molecular weight excluding hydrogens is 642 g/mol. The fourth-order valence-corrected chi connectivity index (χ4v) is 7.75. The second kappa shape index (κ2) is 13.0. The standard InChI is InChI=1S/C35H43NO13/c1-14-29(39)21(38)12-24(46-14)49-33-15(2)47-23(11-19(33)36(4)5)48-22-13-35(3,44)28(34(43)45-6)17-10-18-27(32(42)26(17)22)31(41)25-16(30(18)40)8-7-9-20(25)37/h7-10,14-15,19,21-24,28-29,33,37-39,42,44H,11-13H2,1-6H3. The molecule has 0 saturated carbocycles. The number of esters is 1. The van der Waals surface area contributed by atoms with Gasteiger partial charge in [0.25, 0.3) is 0 Å². The second-order valence-electron chi connectivity index (χ2n) is 13.9. The van der Waals surface area contributed by atoms with E-state index in [1.165, 1.54) is 31.2 Å². The van der Waals surface area contributed by atoms with Crippen molar-refractivity contribution in [2.45, 2.75) is 107 Å². The first-order chi connectivity index (χ1) is 23.0. The number of carbonyl (C=O) groups is 3. The highest BCUT2D eigenvalue weighted by atomic mass is 16.7. The predicted octanol–water partition coefficient (Wildman–Crippen LogP) is 1.65. The number of benzene rings is 2. The van der Waals surface area contributed by atoms with Crippen LogP contribution in [0.2, 0.25) is 0 Å². The Morgan fingerprint density at radius 1 is 0.959 bits per heavy atom. The van der Waals surface area contributed by atoms with E-state index in [0.717, 1.165) is 7.11 Å². The van der Waals surface area contributed by atoms with Gasteiger partial charge in [0.15, 0.2) is 18.4 Å². The molecule has 11 atom stereocenters. The molecule has 0 radical (unpaired) electrons. The fraction of sp³-hybridized carbons (Fsp3) is 0.571. The molecule has 2 saturated heterocycles. The lowest BCUT2D eigenvalue weighted by Crippen LogP contribution is -2.57. The summed E-state index contributed by atoms with van der Waals surface area (Å²) in [5.41, 5.74) is -2.53. The highest BCUT2D eigenvalue weighted by molar-refractivity contribution is 6.30. The lowest BCUT2D eigenvalue weighted by molar-refractivity contribution is -0.310. The van der Waals surface area contributed by atoms with Gasteiger partial charge in [-0.15, -0.1) is 0 Å². The summed E-state index contributed by atoms with van der Waals surface area (Å²) in [5.74, 6) is -4.61. The van der Waals surface area contributed by atoms with Crippen LogP contribution in [0, 0.1) is 0 Å². The summed E-state index contributed by atoms with van der Waals surface area (Å²) in [6.07, 6.45) is -6.59. The molecule has 14 heteroatoms. The van der Waals surface area contributed by atoms with E-state index < -0.39 is 89.8 Å². The van der Waals surface area contributed by atoms with Gasteiger partial charge in [-0.2, -0.15) is 0 Å². The summed E-state index contributed by atoms with van der Waals surface area (Å²) in [6, 6.07) is 5.09. The molecule has 6 rings (SSSR count). The van der Waals surface area contributed by atoms with Crippen LogP contribution in [0.3, 0.4) is 0 Å². The lowest BCUT2D eigenvalue weighted by Gasteiger charge is -2.47. The van der Waals surface area contributed by atoms with Gasteiger partial charge >= 0.3 is 5.97 Å². The van der Waals surface area contributed by atoms with Crippen molar-refractivity contribution in [3.05, 3.63) is 57.6 Å². The van der Waals surface area contributed by atoms with Crippen LogP contribution < -0.4 is 0 Å². The Kier molecular flexibility index (Phi) is 9.39. The largest absolute Gasteiger partial charge is 0.507 e. The highest BCUT2D eigenvalue weighted by Crippen LogP contribution is 2.53. The van der Waals surface area contributed by atoms with E-state index in [1.54, 1.807) is 13.8 Å². The van der Waals surface area contributed by atoms with Gasteiger partial charge in [0, 0.05) is 42.0 Å². The number of aromatic hydroxyl groups is 2. The van der Waals surface area contributed by atoms with E-state index in [-0.39, 0.29) is 58.7 Å². The molecule has 4 aliphatic rings. The van der Waals surface area contributed by atoms with Crippen LogP contribution in [0.25, 0.3) is 0 Å². The van der Waals surface area contributed by atoms with E-state index in [1.807, 2.05) is 19.0 Å².